The first-order chi connectivity index (χ1) is 5.79. The molecule has 2 aromatic rings. The molecular formula is C8H4ClN3. The first kappa shape index (κ1) is 7.14. The summed E-state index contributed by atoms with van der Waals surface area (Å²) in [4.78, 5) is 4.01. The number of hydrogen-bond acceptors (Lipinski definition) is 2. The van der Waals surface area contributed by atoms with Gasteiger partial charge in [0.25, 0.3) is 0 Å². The molecule has 12 heavy (non-hydrogen) atoms. The lowest BCUT2D eigenvalue weighted by atomic mass is 10.5. The zero-order valence-corrected chi connectivity index (χ0v) is 6.78. The molecule has 2 heterocycles. The van der Waals surface area contributed by atoms with Crippen LogP contribution in [0.15, 0.2) is 24.5 Å². The molecular weight excluding hydrogens is 174 g/mol. The van der Waals surface area contributed by atoms with Gasteiger partial charge in [0.2, 0.25) is 0 Å². The summed E-state index contributed by atoms with van der Waals surface area (Å²) >= 11 is 5.73. The molecule has 0 saturated heterocycles. The van der Waals surface area contributed by atoms with E-state index in [-0.39, 0.29) is 0 Å². The predicted octanol–water partition coefficient (Wildman–Crippen LogP) is 1.86. The van der Waals surface area contributed by atoms with Gasteiger partial charge in [-0.15, -0.1) is 0 Å². The van der Waals surface area contributed by atoms with E-state index in [0.29, 0.717) is 16.4 Å². The van der Waals surface area contributed by atoms with Crippen LogP contribution < -0.4 is 0 Å². The average molecular weight is 178 g/mol. The highest BCUT2D eigenvalue weighted by atomic mass is 35.5. The van der Waals surface area contributed by atoms with E-state index >= 15 is 0 Å². The molecule has 3 nitrogen and oxygen atoms in total. The van der Waals surface area contributed by atoms with Crippen LogP contribution in [-0.2, 0) is 0 Å². The molecule has 0 aromatic carbocycles. The van der Waals surface area contributed by atoms with Gasteiger partial charge in [0, 0.05) is 23.5 Å². The van der Waals surface area contributed by atoms with E-state index in [4.69, 9.17) is 16.9 Å². The Balaban J connectivity index is 2.77. The van der Waals surface area contributed by atoms with Crippen molar-refractivity contribution in [3.8, 4) is 6.07 Å². The SMILES string of the molecule is N#Cc1cn2ccc(Cl)cc2n1. The van der Waals surface area contributed by atoms with Crippen molar-refractivity contribution in [1.29, 1.82) is 5.26 Å². The van der Waals surface area contributed by atoms with Gasteiger partial charge in [-0.1, -0.05) is 11.6 Å². The molecule has 0 bridgehead atoms. The zero-order chi connectivity index (χ0) is 8.55. The number of aromatic nitrogens is 2. The van der Waals surface area contributed by atoms with Crippen LogP contribution in [0.5, 0.6) is 0 Å². The third kappa shape index (κ3) is 1.03. The molecule has 0 aliphatic heterocycles. The Hall–Kier alpha value is -1.53. The minimum absolute atomic E-state index is 0.400. The van der Waals surface area contributed by atoms with Gasteiger partial charge in [0.1, 0.15) is 11.7 Å². The molecule has 58 valence electrons. The molecule has 0 fully saturated rings. The van der Waals surface area contributed by atoms with Crippen LogP contribution in [0, 0.1) is 11.3 Å². The van der Waals surface area contributed by atoms with Gasteiger partial charge in [-0.3, -0.25) is 0 Å². The largest absolute Gasteiger partial charge is 0.306 e. The monoisotopic (exact) mass is 177 g/mol. The number of halogens is 1. The summed E-state index contributed by atoms with van der Waals surface area (Å²) < 4.78 is 1.75. The normalized spacial score (nSPS) is 10.0. The molecule has 0 amide bonds. The number of pyridine rings is 1. The molecule has 4 heteroatoms. The van der Waals surface area contributed by atoms with Crippen LogP contribution in [0.1, 0.15) is 5.69 Å². The van der Waals surface area contributed by atoms with Crippen LogP contribution in [0.3, 0.4) is 0 Å². The Morgan fingerprint density at radius 3 is 3.17 bits per heavy atom. The van der Waals surface area contributed by atoms with Gasteiger partial charge in [0.05, 0.1) is 0 Å². The van der Waals surface area contributed by atoms with Crippen LogP contribution >= 0.6 is 11.6 Å². The molecule has 2 aromatic heterocycles. The maximum Gasteiger partial charge on any atom is 0.159 e. The fourth-order valence-electron chi connectivity index (χ4n) is 1.01. The van der Waals surface area contributed by atoms with Crippen molar-refractivity contribution in [2.75, 3.05) is 0 Å². The highest BCUT2D eigenvalue weighted by molar-refractivity contribution is 6.30. The predicted molar refractivity (Wildman–Crippen MR) is 44.9 cm³/mol. The summed E-state index contributed by atoms with van der Waals surface area (Å²) in [5.74, 6) is 0. The number of nitrogens with zero attached hydrogens (tertiary/aromatic N) is 3. The third-order valence-corrected chi connectivity index (χ3v) is 1.77. The molecule has 0 saturated carbocycles. The second-order valence-electron chi connectivity index (χ2n) is 2.35. The number of hydrogen-bond donors (Lipinski definition) is 0. The Bertz CT molecular complexity index is 467. The minimum Gasteiger partial charge on any atom is -0.306 e. The highest BCUT2D eigenvalue weighted by Crippen LogP contribution is 2.11. The maximum atomic E-state index is 8.55. The van der Waals surface area contributed by atoms with Crippen molar-refractivity contribution < 1.29 is 0 Å². The van der Waals surface area contributed by atoms with E-state index in [2.05, 4.69) is 4.98 Å². The van der Waals surface area contributed by atoms with Crippen LogP contribution in [0.2, 0.25) is 5.02 Å². The minimum atomic E-state index is 0.400. The number of fused-ring (bicyclic) bond motifs is 1. The lowest BCUT2D eigenvalue weighted by Gasteiger charge is -1.90. The summed E-state index contributed by atoms with van der Waals surface area (Å²) in [6.07, 6.45) is 3.43. The summed E-state index contributed by atoms with van der Waals surface area (Å²) in [6, 6.07) is 5.42. The van der Waals surface area contributed by atoms with Gasteiger partial charge >= 0.3 is 0 Å². The van der Waals surface area contributed by atoms with Crippen molar-refractivity contribution in [3.63, 3.8) is 0 Å². The van der Waals surface area contributed by atoms with E-state index in [1.807, 2.05) is 6.07 Å². The molecule has 0 aliphatic rings. The summed E-state index contributed by atoms with van der Waals surface area (Å²) in [7, 11) is 0. The number of rotatable bonds is 0. The first-order valence-corrected chi connectivity index (χ1v) is 3.72. The van der Waals surface area contributed by atoms with E-state index in [1.54, 1.807) is 28.9 Å². The molecule has 0 N–H and O–H groups in total. The van der Waals surface area contributed by atoms with Gasteiger partial charge < -0.3 is 4.40 Å². The number of imidazole rings is 1. The van der Waals surface area contributed by atoms with Crippen LogP contribution in [0.4, 0.5) is 0 Å². The van der Waals surface area contributed by atoms with Gasteiger partial charge in [-0.2, -0.15) is 5.26 Å². The molecule has 0 atom stereocenters. The average Bonchev–Trinajstić information content (AvgIpc) is 2.46. The Morgan fingerprint density at radius 2 is 2.42 bits per heavy atom. The molecule has 0 aliphatic carbocycles. The summed E-state index contributed by atoms with van der Waals surface area (Å²) in [5.41, 5.74) is 1.09. The molecule has 0 spiro atoms. The standard InChI is InChI=1S/C8H4ClN3/c9-6-1-2-12-5-7(4-10)11-8(12)3-6/h1-3,5H. The van der Waals surface area contributed by atoms with E-state index in [9.17, 15) is 0 Å². The smallest absolute Gasteiger partial charge is 0.159 e. The van der Waals surface area contributed by atoms with Crippen LogP contribution in [-0.4, -0.2) is 9.38 Å². The van der Waals surface area contributed by atoms with E-state index in [0.717, 1.165) is 0 Å². The highest BCUT2D eigenvalue weighted by Gasteiger charge is 1.99. The van der Waals surface area contributed by atoms with E-state index in [1.165, 1.54) is 0 Å². The molecule has 0 unspecified atom stereocenters. The second kappa shape index (κ2) is 2.50. The first-order valence-electron chi connectivity index (χ1n) is 3.34. The Morgan fingerprint density at radius 1 is 1.58 bits per heavy atom. The summed E-state index contributed by atoms with van der Waals surface area (Å²) in [5, 5.41) is 9.17. The number of nitriles is 1. The van der Waals surface area contributed by atoms with Crippen LogP contribution in [0.25, 0.3) is 5.65 Å². The lowest BCUT2D eigenvalue weighted by molar-refractivity contribution is 1.19. The van der Waals surface area contributed by atoms with E-state index < -0.39 is 0 Å². The maximum absolute atomic E-state index is 8.55. The summed E-state index contributed by atoms with van der Waals surface area (Å²) in [6.45, 7) is 0. The Kier molecular flexibility index (Phi) is 1.49. The van der Waals surface area contributed by atoms with Gasteiger partial charge in [-0.25, -0.2) is 4.98 Å². The Labute approximate surface area is 73.8 Å². The van der Waals surface area contributed by atoms with Crippen molar-refractivity contribution in [1.82, 2.24) is 9.38 Å². The molecule has 2 rings (SSSR count). The van der Waals surface area contributed by atoms with Gasteiger partial charge in [0.15, 0.2) is 5.69 Å². The molecule has 0 radical (unpaired) electrons. The lowest BCUT2D eigenvalue weighted by Crippen LogP contribution is -1.79. The van der Waals surface area contributed by atoms with Crippen molar-refractivity contribution in [3.05, 3.63) is 35.2 Å². The van der Waals surface area contributed by atoms with Crippen molar-refractivity contribution in [2.45, 2.75) is 0 Å². The fraction of sp³-hybridized carbons (Fsp3) is 0. The van der Waals surface area contributed by atoms with Crippen molar-refractivity contribution >= 4 is 17.2 Å². The quantitative estimate of drug-likeness (QED) is 0.616. The topological polar surface area (TPSA) is 41.1 Å². The second-order valence-corrected chi connectivity index (χ2v) is 2.78. The van der Waals surface area contributed by atoms with Crippen molar-refractivity contribution in [2.24, 2.45) is 0 Å². The zero-order valence-electron chi connectivity index (χ0n) is 6.03. The van der Waals surface area contributed by atoms with Gasteiger partial charge in [-0.05, 0) is 6.07 Å². The third-order valence-electron chi connectivity index (χ3n) is 1.54. The fourth-order valence-corrected chi connectivity index (χ4v) is 1.16.